The maximum absolute atomic E-state index is 10.9. The first-order valence-electron chi connectivity index (χ1n) is 11.3. The van der Waals surface area contributed by atoms with Crippen LogP contribution in [0.4, 0.5) is 5.82 Å². The van der Waals surface area contributed by atoms with Gasteiger partial charge in [-0.3, -0.25) is 10.4 Å². The number of ether oxygens (including phenoxy) is 2. The molecule has 2 aromatic carbocycles. The summed E-state index contributed by atoms with van der Waals surface area (Å²) >= 11 is 0. The topological polar surface area (TPSA) is 117 Å². The van der Waals surface area contributed by atoms with Crippen molar-refractivity contribution in [1.82, 2.24) is 9.97 Å². The van der Waals surface area contributed by atoms with Gasteiger partial charge in [0.05, 0.1) is 31.3 Å². The van der Waals surface area contributed by atoms with Gasteiger partial charge in [-0.05, 0) is 48.9 Å². The lowest BCUT2D eigenvalue weighted by atomic mass is 10.0. The van der Waals surface area contributed by atoms with Gasteiger partial charge in [-0.1, -0.05) is 30.3 Å². The van der Waals surface area contributed by atoms with Gasteiger partial charge in [0.1, 0.15) is 11.5 Å². The zero-order valence-corrected chi connectivity index (χ0v) is 19.1. The Morgan fingerprint density at radius 2 is 1.82 bits per heavy atom. The highest BCUT2D eigenvalue weighted by Crippen LogP contribution is 2.32. The molecule has 0 spiro atoms. The molecule has 3 N–H and O–H groups in total. The monoisotopic (exact) mass is 460 g/mol. The minimum atomic E-state index is -1.21. The van der Waals surface area contributed by atoms with Crippen LogP contribution in [0, 0.1) is 5.41 Å². The van der Waals surface area contributed by atoms with E-state index in [1.807, 2.05) is 30.3 Å². The number of carbonyl (C=O) groups is 1. The zero-order chi connectivity index (χ0) is 23.9. The molecule has 0 bridgehead atoms. The highest BCUT2D eigenvalue weighted by atomic mass is 16.5. The molecule has 1 fully saturated rings. The van der Waals surface area contributed by atoms with Crippen LogP contribution in [0.2, 0.25) is 0 Å². The van der Waals surface area contributed by atoms with Crippen LogP contribution in [0.1, 0.15) is 36.8 Å². The van der Waals surface area contributed by atoms with Gasteiger partial charge >= 0.3 is 5.97 Å². The number of hydrogen-bond donors (Lipinski definition) is 3. The van der Waals surface area contributed by atoms with Gasteiger partial charge in [-0.2, -0.15) is 0 Å². The number of aliphatic carboxylic acids is 1. The van der Waals surface area contributed by atoms with Gasteiger partial charge in [-0.25, -0.2) is 9.78 Å². The molecular formula is C26H28N4O4. The Balaban J connectivity index is 1.42. The van der Waals surface area contributed by atoms with E-state index in [1.165, 1.54) is 12.8 Å². The molecule has 8 nitrogen and oxygen atoms in total. The Hall–Kier alpha value is -3.94. The number of hydrogen-bond acceptors (Lipinski definition) is 7. The average molecular weight is 461 g/mol. The van der Waals surface area contributed by atoms with E-state index in [2.05, 4.69) is 15.3 Å². The van der Waals surface area contributed by atoms with E-state index >= 15 is 0 Å². The summed E-state index contributed by atoms with van der Waals surface area (Å²) in [7, 11) is 1.65. The number of aromatic nitrogens is 2. The molecule has 8 heteroatoms. The lowest BCUT2D eigenvalue weighted by Crippen LogP contribution is -2.14. The number of carboxylic acid groups (broad SMARTS) is 1. The van der Waals surface area contributed by atoms with E-state index in [9.17, 15) is 4.79 Å². The maximum atomic E-state index is 10.9. The number of methoxy groups -OCH3 is 1. The Morgan fingerprint density at radius 1 is 1.09 bits per heavy atom. The first-order valence-corrected chi connectivity index (χ1v) is 11.3. The van der Waals surface area contributed by atoms with Crippen molar-refractivity contribution in [1.29, 1.82) is 5.41 Å². The van der Waals surface area contributed by atoms with Gasteiger partial charge in [0.25, 0.3) is 0 Å². The first kappa shape index (κ1) is 23.2. The molecule has 0 saturated heterocycles. The smallest absolute Gasteiger partial charge is 0.349 e. The Kier molecular flexibility index (Phi) is 7.37. The molecule has 1 aliphatic rings. The summed E-state index contributed by atoms with van der Waals surface area (Å²) in [5, 5.41) is 19.7. The van der Waals surface area contributed by atoms with Crippen molar-refractivity contribution in [3.8, 4) is 22.8 Å². The van der Waals surface area contributed by atoms with Gasteiger partial charge in [-0.15, -0.1) is 0 Å². The number of benzene rings is 2. The minimum absolute atomic E-state index is 0.0806. The number of nitrogens with zero attached hydrogens (tertiary/aromatic N) is 2. The molecule has 4 rings (SSSR count). The van der Waals surface area contributed by atoms with Crippen molar-refractivity contribution in [3.05, 3.63) is 66.0 Å². The predicted molar refractivity (Wildman–Crippen MR) is 130 cm³/mol. The van der Waals surface area contributed by atoms with Crippen LogP contribution < -0.4 is 14.8 Å². The second-order valence-electron chi connectivity index (χ2n) is 8.31. The van der Waals surface area contributed by atoms with E-state index in [0.29, 0.717) is 18.1 Å². The maximum Gasteiger partial charge on any atom is 0.349 e. The third-order valence-corrected chi connectivity index (χ3v) is 5.82. The molecular weight excluding hydrogens is 432 g/mol. The van der Waals surface area contributed by atoms with Crippen LogP contribution in [0.25, 0.3) is 11.3 Å². The number of anilines is 1. The third kappa shape index (κ3) is 5.89. The highest BCUT2D eigenvalue weighted by Gasteiger charge is 2.18. The van der Waals surface area contributed by atoms with Crippen molar-refractivity contribution < 1.29 is 19.4 Å². The summed E-state index contributed by atoms with van der Waals surface area (Å²) in [4.78, 5) is 19.8. The fourth-order valence-corrected chi connectivity index (χ4v) is 3.96. The Bertz CT molecular complexity index is 1160. The molecule has 1 aliphatic carbocycles. The summed E-state index contributed by atoms with van der Waals surface area (Å²) in [6.07, 6.45) is 8.26. The largest absolute Gasteiger partial charge is 0.493 e. The van der Waals surface area contributed by atoms with Gasteiger partial charge in [0.15, 0.2) is 11.5 Å². The first-order chi connectivity index (χ1) is 16.5. The molecule has 1 aromatic heterocycles. The van der Waals surface area contributed by atoms with Crippen LogP contribution in [0.15, 0.2) is 54.9 Å². The lowest BCUT2D eigenvalue weighted by molar-refractivity contribution is -0.129. The van der Waals surface area contributed by atoms with E-state index in [0.717, 1.165) is 41.0 Å². The summed E-state index contributed by atoms with van der Waals surface area (Å²) in [6, 6.07) is 13.3. The molecule has 0 amide bonds. The number of carboxylic acids is 1. The van der Waals surface area contributed by atoms with Crippen molar-refractivity contribution in [3.63, 3.8) is 0 Å². The fourth-order valence-electron chi connectivity index (χ4n) is 3.96. The molecule has 0 radical (unpaired) electrons. The van der Waals surface area contributed by atoms with Crippen molar-refractivity contribution in [2.45, 2.75) is 44.8 Å². The lowest BCUT2D eigenvalue weighted by Gasteiger charge is -2.17. The molecule has 3 aromatic rings. The SMILES string of the molecule is COc1ccc(CNc2cncc(-c3ccc(CC(=N)C(=O)O)cc3)n2)cc1OC1CCCC1. The normalized spacial score (nSPS) is 13.4. The van der Waals surface area contributed by atoms with Gasteiger partial charge in [0, 0.05) is 18.5 Å². The molecule has 0 atom stereocenters. The van der Waals surface area contributed by atoms with E-state index in [4.69, 9.17) is 20.0 Å². The standard InChI is InChI=1S/C26H28N4O4/c1-33-23-11-8-18(13-24(23)34-20-4-2-3-5-20)14-29-25-16-28-15-22(30-25)19-9-6-17(7-10-19)12-21(27)26(31)32/h6-11,13,15-16,20,27H,2-5,12,14H2,1H3,(H,29,30)(H,31,32). The molecule has 0 aliphatic heterocycles. The summed E-state index contributed by atoms with van der Waals surface area (Å²) in [5.41, 5.74) is 3.03. The van der Waals surface area contributed by atoms with Crippen LogP contribution in [-0.4, -0.2) is 40.0 Å². The molecule has 34 heavy (non-hydrogen) atoms. The number of nitrogens with one attached hydrogen (secondary N) is 2. The van der Waals surface area contributed by atoms with E-state index in [1.54, 1.807) is 31.6 Å². The molecule has 0 unspecified atom stereocenters. The summed E-state index contributed by atoms with van der Waals surface area (Å²) in [6.45, 7) is 0.555. The van der Waals surface area contributed by atoms with Gasteiger partial charge in [0.2, 0.25) is 0 Å². The second-order valence-corrected chi connectivity index (χ2v) is 8.31. The van der Waals surface area contributed by atoms with Gasteiger partial charge < -0.3 is 19.9 Å². The van der Waals surface area contributed by atoms with E-state index < -0.39 is 5.97 Å². The Labute approximate surface area is 198 Å². The molecule has 1 saturated carbocycles. The zero-order valence-electron chi connectivity index (χ0n) is 19.1. The molecule has 176 valence electrons. The number of rotatable bonds is 10. The predicted octanol–water partition coefficient (Wildman–Crippen LogP) is 4.73. The fraction of sp³-hybridized carbons (Fsp3) is 0.308. The summed E-state index contributed by atoms with van der Waals surface area (Å²) in [5.74, 6) is 0.940. The van der Waals surface area contributed by atoms with Crippen LogP contribution in [0.3, 0.4) is 0 Å². The van der Waals surface area contributed by atoms with Crippen molar-refractivity contribution >= 4 is 17.5 Å². The van der Waals surface area contributed by atoms with Crippen molar-refractivity contribution in [2.24, 2.45) is 0 Å². The molecule has 1 heterocycles. The Morgan fingerprint density at radius 3 is 2.53 bits per heavy atom. The van der Waals surface area contributed by atoms with Crippen LogP contribution in [-0.2, 0) is 17.8 Å². The average Bonchev–Trinajstić information content (AvgIpc) is 3.36. The summed E-state index contributed by atoms with van der Waals surface area (Å²) < 4.78 is 11.7. The van der Waals surface area contributed by atoms with Crippen LogP contribution in [0.5, 0.6) is 11.5 Å². The van der Waals surface area contributed by atoms with E-state index in [-0.39, 0.29) is 18.2 Å². The van der Waals surface area contributed by atoms with Crippen molar-refractivity contribution in [2.75, 3.05) is 12.4 Å². The van der Waals surface area contributed by atoms with Crippen LogP contribution >= 0.6 is 0 Å². The third-order valence-electron chi connectivity index (χ3n) is 5.82. The second kappa shape index (κ2) is 10.8. The highest BCUT2D eigenvalue weighted by molar-refractivity contribution is 6.34. The minimum Gasteiger partial charge on any atom is -0.493 e. The quantitative estimate of drug-likeness (QED) is 0.374.